The minimum atomic E-state index is 0.611. The van der Waals surface area contributed by atoms with Crippen molar-refractivity contribution in [1.82, 2.24) is 10.3 Å². The number of aromatic nitrogens is 1. The van der Waals surface area contributed by atoms with E-state index in [1.807, 2.05) is 12.3 Å². The molecule has 1 aromatic heterocycles. The lowest BCUT2D eigenvalue weighted by molar-refractivity contribution is 0.599. The van der Waals surface area contributed by atoms with Gasteiger partial charge in [-0.15, -0.1) is 0 Å². The Morgan fingerprint density at radius 3 is 2.05 bits per heavy atom. The van der Waals surface area contributed by atoms with Gasteiger partial charge in [0, 0.05) is 17.4 Å². The summed E-state index contributed by atoms with van der Waals surface area (Å²) in [6, 6.07) is 22.2. The fraction of sp³-hybridized carbons (Fsp3) is 0.400. The third-order valence-electron chi connectivity index (χ3n) is 8.96. The number of aryl methyl sites for hydroxylation is 6. The van der Waals surface area contributed by atoms with Crippen LogP contribution in [0.15, 0.2) is 67.0 Å². The van der Waals surface area contributed by atoms with Crippen LogP contribution in [0.25, 0.3) is 11.1 Å². The zero-order chi connectivity index (χ0) is 31.3. The summed E-state index contributed by atoms with van der Waals surface area (Å²) in [5.74, 6) is 0. The predicted octanol–water partition coefficient (Wildman–Crippen LogP) is 9.74. The van der Waals surface area contributed by atoms with E-state index in [0.717, 1.165) is 62.2 Å². The number of nitriles is 1. The van der Waals surface area contributed by atoms with E-state index >= 15 is 0 Å². The lowest BCUT2D eigenvalue weighted by Crippen LogP contribution is -2.16. The van der Waals surface area contributed by atoms with Gasteiger partial charge in [-0.3, -0.25) is 4.98 Å². The molecule has 44 heavy (non-hydrogen) atoms. The van der Waals surface area contributed by atoms with Crippen LogP contribution in [0.4, 0.5) is 0 Å². The molecule has 0 saturated heterocycles. The summed E-state index contributed by atoms with van der Waals surface area (Å²) in [4.78, 5) is 4.23. The van der Waals surface area contributed by atoms with Gasteiger partial charge in [0.2, 0.25) is 0 Å². The van der Waals surface area contributed by atoms with Crippen molar-refractivity contribution in [3.05, 3.63) is 122 Å². The molecule has 1 heterocycles. The highest BCUT2D eigenvalue weighted by Crippen LogP contribution is 2.32. The molecule has 0 saturated carbocycles. The lowest BCUT2D eigenvalue weighted by Gasteiger charge is -2.17. The molecule has 0 aliphatic heterocycles. The average Bonchev–Trinajstić information content (AvgIpc) is 3.04. The molecular weight excluding hydrogens is 558 g/mol. The summed E-state index contributed by atoms with van der Waals surface area (Å²) in [5.41, 5.74) is 13.8. The van der Waals surface area contributed by atoms with Crippen LogP contribution in [0.3, 0.4) is 0 Å². The van der Waals surface area contributed by atoms with Gasteiger partial charge in [0.25, 0.3) is 0 Å². The topological polar surface area (TPSA) is 48.7 Å². The predicted molar refractivity (Wildman–Crippen MR) is 187 cm³/mol. The zero-order valence-electron chi connectivity index (χ0n) is 27.1. The first kappa shape index (κ1) is 33.4. The van der Waals surface area contributed by atoms with Crippen molar-refractivity contribution in [2.45, 2.75) is 91.9 Å². The molecule has 0 unspecified atom stereocenters. The van der Waals surface area contributed by atoms with E-state index in [2.05, 4.69) is 92.6 Å². The second-order valence-corrected chi connectivity index (χ2v) is 12.4. The van der Waals surface area contributed by atoms with Gasteiger partial charge in [-0.25, -0.2) is 0 Å². The molecule has 0 bridgehead atoms. The average molecular weight is 606 g/mol. The lowest BCUT2D eigenvalue weighted by atomic mass is 9.88. The standard InChI is InChI=1S/C40H48ClN3/c1-5-7-21-43-22-9-8-12-34-13-10-15-38(29(34)3)39-16-11-14-35(30(39)4)19-20-37-24-36(33(6-2)25-40(37)41)18-17-31-23-32(26-42)28-44-27-31/h10-11,13-16,23-25,27-28,43H,5-9,12,17-22H2,1-4H3. The summed E-state index contributed by atoms with van der Waals surface area (Å²) in [7, 11) is 0. The molecule has 3 nitrogen and oxygen atoms in total. The summed E-state index contributed by atoms with van der Waals surface area (Å²) in [6.07, 6.45) is 14.1. The van der Waals surface area contributed by atoms with Crippen molar-refractivity contribution in [2.75, 3.05) is 13.1 Å². The zero-order valence-corrected chi connectivity index (χ0v) is 27.9. The number of nitrogens with zero attached hydrogens (tertiary/aromatic N) is 2. The Morgan fingerprint density at radius 2 is 1.36 bits per heavy atom. The van der Waals surface area contributed by atoms with Gasteiger partial charge in [-0.2, -0.15) is 5.26 Å². The van der Waals surface area contributed by atoms with Crippen LogP contribution in [-0.2, 0) is 38.5 Å². The number of unbranched alkanes of at least 4 members (excludes halogenated alkanes) is 2. The van der Waals surface area contributed by atoms with Crippen molar-refractivity contribution in [2.24, 2.45) is 0 Å². The van der Waals surface area contributed by atoms with Gasteiger partial charge in [-0.1, -0.05) is 74.3 Å². The van der Waals surface area contributed by atoms with Gasteiger partial charge >= 0.3 is 0 Å². The highest BCUT2D eigenvalue weighted by atomic mass is 35.5. The third kappa shape index (κ3) is 9.04. The Bertz CT molecular complexity index is 1570. The van der Waals surface area contributed by atoms with Crippen molar-refractivity contribution < 1.29 is 0 Å². The Kier molecular flexibility index (Phi) is 13.0. The normalized spacial score (nSPS) is 11.1. The number of pyridine rings is 1. The maximum Gasteiger partial charge on any atom is 0.101 e. The molecule has 0 radical (unpaired) electrons. The molecule has 0 aliphatic rings. The molecule has 0 spiro atoms. The van der Waals surface area contributed by atoms with Crippen molar-refractivity contribution >= 4 is 11.6 Å². The monoisotopic (exact) mass is 605 g/mol. The van der Waals surface area contributed by atoms with Gasteiger partial charge in [-0.05, 0) is 152 Å². The number of rotatable bonds is 16. The molecule has 3 aromatic carbocycles. The summed E-state index contributed by atoms with van der Waals surface area (Å²) < 4.78 is 0. The van der Waals surface area contributed by atoms with Crippen LogP contribution in [0, 0.1) is 25.2 Å². The fourth-order valence-electron chi connectivity index (χ4n) is 6.18. The van der Waals surface area contributed by atoms with Crippen LogP contribution in [0.2, 0.25) is 5.02 Å². The van der Waals surface area contributed by atoms with Crippen molar-refractivity contribution in [3.8, 4) is 17.2 Å². The van der Waals surface area contributed by atoms with Crippen LogP contribution in [-0.4, -0.2) is 18.1 Å². The third-order valence-corrected chi connectivity index (χ3v) is 9.31. The molecule has 0 aliphatic carbocycles. The summed E-state index contributed by atoms with van der Waals surface area (Å²) in [5, 5.41) is 13.7. The van der Waals surface area contributed by atoms with E-state index in [-0.39, 0.29) is 0 Å². The van der Waals surface area contributed by atoms with Gasteiger partial charge in [0.15, 0.2) is 0 Å². The SMILES string of the molecule is CCCCNCCCCc1cccc(-c2cccc(CCc3cc(CCc4cncc(C#N)c4)c(CC)cc3Cl)c2C)c1C. The Labute approximate surface area is 270 Å². The van der Waals surface area contributed by atoms with E-state index < -0.39 is 0 Å². The highest BCUT2D eigenvalue weighted by molar-refractivity contribution is 6.31. The molecular formula is C40H48ClN3. The van der Waals surface area contributed by atoms with Crippen molar-refractivity contribution in [1.29, 1.82) is 5.26 Å². The maximum atomic E-state index is 9.24. The van der Waals surface area contributed by atoms with Crippen LogP contribution >= 0.6 is 11.6 Å². The van der Waals surface area contributed by atoms with E-state index in [0.29, 0.717) is 5.56 Å². The van der Waals surface area contributed by atoms with Gasteiger partial charge in [0.1, 0.15) is 6.07 Å². The summed E-state index contributed by atoms with van der Waals surface area (Å²) in [6.45, 7) is 11.2. The molecule has 0 atom stereocenters. The van der Waals surface area contributed by atoms with Crippen LogP contribution in [0.5, 0.6) is 0 Å². The Balaban J connectivity index is 1.45. The molecule has 4 heteroatoms. The smallest absolute Gasteiger partial charge is 0.101 e. The minimum absolute atomic E-state index is 0.611. The Hall–Kier alpha value is -3.45. The molecule has 230 valence electrons. The van der Waals surface area contributed by atoms with Gasteiger partial charge in [0.05, 0.1) is 5.56 Å². The van der Waals surface area contributed by atoms with Gasteiger partial charge < -0.3 is 5.32 Å². The minimum Gasteiger partial charge on any atom is -0.317 e. The first-order valence-electron chi connectivity index (χ1n) is 16.5. The van der Waals surface area contributed by atoms with E-state index in [4.69, 9.17) is 11.6 Å². The molecule has 0 amide bonds. The number of hydrogen-bond donors (Lipinski definition) is 1. The Morgan fingerprint density at radius 1 is 0.705 bits per heavy atom. The highest BCUT2D eigenvalue weighted by Gasteiger charge is 2.13. The second-order valence-electron chi connectivity index (χ2n) is 12.0. The molecule has 4 rings (SSSR count). The van der Waals surface area contributed by atoms with E-state index in [9.17, 15) is 5.26 Å². The molecule has 1 N–H and O–H groups in total. The first-order chi connectivity index (χ1) is 21.4. The first-order valence-corrected chi connectivity index (χ1v) is 16.8. The number of nitrogens with one attached hydrogen (secondary N) is 1. The van der Waals surface area contributed by atoms with E-state index in [1.165, 1.54) is 75.8 Å². The number of hydrogen-bond acceptors (Lipinski definition) is 3. The number of benzene rings is 3. The van der Waals surface area contributed by atoms with E-state index in [1.54, 1.807) is 6.20 Å². The van der Waals surface area contributed by atoms with Crippen LogP contribution < -0.4 is 5.32 Å². The quantitative estimate of drug-likeness (QED) is 0.129. The largest absolute Gasteiger partial charge is 0.317 e. The number of halogens is 1. The molecule has 4 aromatic rings. The summed E-state index contributed by atoms with van der Waals surface area (Å²) >= 11 is 6.84. The second kappa shape index (κ2) is 17.1. The maximum absolute atomic E-state index is 9.24. The fourth-order valence-corrected chi connectivity index (χ4v) is 6.46. The van der Waals surface area contributed by atoms with Crippen LogP contribution in [0.1, 0.15) is 89.6 Å². The molecule has 0 fully saturated rings. The van der Waals surface area contributed by atoms with Crippen molar-refractivity contribution in [3.63, 3.8) is 0 Å².